The summed E-state index contributed by atoms with van der Waals surface area (Å²) in [6, 6.07) is 14.2. The summed E-state index contributed by atoms with van der Waals surface area (Å²) in [4.78, 5) is 25.6. The van der Waals surface area contributed by atoms with Crippen LogP contribution < -0.4 is 10.6 Å². The predicted octanol–water partition coefficient (Wildman–Crippen LogP) is 4.99. The summed E-state index contributed by atoms with van der Waals surface area (Å²) in [6.45, 7) is 4.41. The first kappa shape index (κ1) is 19.8. The second kappa shape index (κ2) is 9.25. The minimum absolute atomic E-state index is 0.0174. The van der Waals surface area contributed by atoms with Crippen molar-refractivity contribution in [3.05, 3.63) is 59.1 Å². The highest BCUT2D eigenvalue weighted by Gasteiger charge is 2.11. The molecule has 0 aliphatic carbocycles. The quantitative estimate of drug-likeness (QED) is 0.749. The van der Waals surface area contributed by atoms with Gasteiger partial charge < -0.3 is 15.5 Å². The van der Waals surface area contributed by atoms with E-state index in [0.717, 1.165) is 5.56 Å². The summed E-state index contributed by atoms with van der Waals surface area (Å²) in [5.41, 5.74) is 2.25. The van der Waals surface area contributed by atoms with Gasteiger partial charge in [0.1, 0.15) is 0 Å². The number of amides is 3. The van der Waals surface area contributed by atoms with E-state index in [0.29, 0.717) is 35.3 Å². The van der Waals surface area contributed by atoms with Crippen molar-refractivity contribution < 1.29 is 9.59 Å². The number of urea groups is 1. The molecule has 138 valence electrons. The van der Waals surface area contributed by atoms with Gasteiger partial charge in [0.05, 0.1) is 0 Å². The Hall–Kier alpha value is -2.53. The van der Waals surface area contributed by atoms with Crippen LogP contribution in [-0.4, -0.2) is 23.9 Å². The summed E-state index contributed by atoms with van der Waals surface area (Å²) < 4.78 is 0. The zero-order valence-corrected chi connectivity index (χ0v) is 16.0. The van der Waals surface area contributed by atoms with Crippen molar-refractivity contribution in [2.24, 2.45) is 5.92 Å². The van der Waals surface area contributed by atoms with Crippen LogP contribution in [0, 0.1) is 5.92 Å². The highest BCUT2D eigenvalue weighted by molar-refractivity contribution is 6.31. The normalized spacial score (nSPS) is 10.5. The number of carbonyl (C=O) groups is 2. The number of hydrogen-bond donors (Lipinski definition) is 2. The number of nitrogens with zero attached hydrogens (tertiary/aromatic N) is 1. The Morgan fingerprint density at radius 1 is 1.00 bits per heavy atom. The summed E-state index contributed by atoms with van der Waals surface area (Å²) in [5, 5.41) is 6.30. The Bertz CT molecular complexity index is 760. The van der Waals surface area contributed by atoms with Gasteiger partial charge in [-0.1, -0.05) is 43.6 Å². The van der Waals surface area contributed by atoms with Crippen LogP contribution in [0.4, 0.5) is 16.2 Å². The van der Waals surface area contributed by atoms with Crippen LogP contribution in [-0.2, 0) is 11.3 Å². The van der Waals surface area contributed by atoms with E-state index in [-0.39, 0.29) is 11.9 Å². The number of rotatable bonds is 6. The van der Waals surface area contributed by atoms with Crippen LogP contribution in [0.3, 0.4) is 0 Å². The van der Waals surface area contributed by atoms with E-state index in [4.69, 9.17) is 11.6 Å². The number of halogens is 1. The van der Waals surface area contributed by atoms with E-state index in [1.54, 1.807) is 42.3 Å². The Morgan fingerprint density at radius 2 is 1.58 bits per heavy atom. The zero-order valence-electron chi connectivity index (χ0n) is 15.3. The molecule has 0 unspecified atom stereocenters. The Morgan fingerprint density at radius 3 is 2.15 bits per heavy atom. The second-order valence-electron chi connectivity index (χ2n) is 6.60. The molecule has 0 fully saturated rings. The standard InChI is InChI=1S/C20H24ClN3O2/c1-14(2)12-19(25)22-16-8-10-17(11-9-16)23-20(26)24(3)13-15-6-4-5-7-18(15)21/h4-11,14H,12-13H2,1-3H3,(H,22,25)(H,23,26). The van der Waals surface area contributed by atoms with Crippen LogP contribution in [0.2, 0.25) is 5.02 Å². The number of benzene rings is 2. The molecular weight excluding hydrogens is 350 g/mol. The topological polar surface area (TPSA) is 61.4 Å². The van der Waals surface area contributed by atoms with Crippen molar-refractivity contribution in [2.75, 3.05) is 17.7 Å². The molecule has 0 atom stereocenters. The van der Waals surface area contributed by atoms with Crippen molar-refractivity contribution in [3.8, 4) is 0 Å². The molecule has 0 aliphatic rings. The lowest BCUT2D eigenvalue weighted by Gasteiger charge is -2.19. The van der Waals surface area contributed by atoms with Gasteiger partial charge in [-0.3, -0.25) is 4.79 Å². The zero-order chi connectivity index (χ0) is 19.1. The monoisotopic (exact) mass is 373 g/mol. The van der Waals surface area contributed by atoms with Crippen LogP contribution in [0.15, 0.2) is 48.5 Å². The number of carbonyl (C=O) groups excluding carboxylic acids is 2. The number of nitrogens with one attached hydrogen (secondary N) is 2. The van der Waals surface area contributed by atoms with Crippen molar-refractivity contribution in [1.29, 1.82) is 0 Å². The molecule has 2 aromatic carbocycles. The molecule has 0 spiro atoms. The van der Waals surface area contributed by atoms with Crippen molar-refractivity contribution >= 4 is 34.9 Å². The van der Waals surface area contributed by atoms with Crippen molar-refractivity contribution in [2.45, 2.75) is 26.8 Å². The van der Waals surface area contributed by atoms with E-state index in [1.165, 1.54) is 0 Å². The third-order valence-corrected chi connectivity index (χ3v) is 4.09. The van der Waals surface area contributed by atoms with E-state index in [2.05, 4.69) is 10.6 Å². The molecule has 2 N–H and O–H groups in total. The van der Waals surface area contributed by atoms with E-state index in [1.807, 2.05) is 32.0 Å². The first-order chi connectivity index (χ1) is 12.3. The maximum Gasteiger partial charge on any atom is 0.321 e. The molecule has 2 rings (SSSR count). The third-order valence-electron chi connectivity index (χ3n) is 3.73. The Balaban J connectivity index is 1.90. The highest BCUT2D eigenvalue weighted by atomic mass is 35.5. The Labute approximate surface area is 159 Å². The number of hydrogen-bond acceptors (Lipinski definition) is 2. The lowest BCUT2D eigenvalue weighted by Crippen LogP contribution is -2.30. The molecule has 0 heterocycles. The second-order valence-corrected chi connectivity index (χ2v) is 7.01. The van der Waals surface area contributed by atoms with Gasteiger partial charge in [0.2, 0.25) is 5.91 Å². The van der Waals surface area contributed by atoms with Gasteiger partial charge in [-0.2, -0.15) is 0 Å². The van der Waals surface area contributed by atoms with E-state index >= 15 is 0 Å². The molecule has 0 bridgehead atoms. The van der Waals surface area contributed by atoms with Gasteiger partial charge >= 0.3 is 6.03 Å². The average Bonchev–Trinajstić information content (AvgIpc) is 2.57. The third kappa shape index (κ3) is 6.08. The Kier molecular flexibility index (Phi) is 7.04. The summed E-state index contributed by atoms with van der Waals surface area (Å²) >= 11 is 6.13. The first-order valence-corrected chi connectivity index (χ1v) is 8.88. The highest BCUT2D eigenvalue weighted by Crippen LogP contribution is 2.18. The van der Waals surface area contributed by atoms with Gasteiger partial charge in [0, 0.05) is 36.4 Å². The minimum atomic E-state index is -0.235. The van der Waals surface area contributed by atoms with Gasteiger partial charge in [0.25, 0.3) is 0 Å². The molecule has 0 saturated carbocycles. The fourth-order valence-corrected chi connectivity index (χ4v) is 2.59. The molecule has 0 aliphatic heterocycles. The number of anilines is 2. The maximum atomic E-state index is 12.3. The molecule has 2 aromatic rings. The predicted molar refractivity (Wildman–Crippen MR) is 106 cm³/mol. The average molecular weight is 374 g/mol. The van der Waals surface area contributed by atoms with Crippen LogP contribution in [0.5, 0.6) is 0 Å². The summed E-state index contributed by atoms with van der Waals surface area (Å²) in [5.74, 6) is 0.290. The minimum Gasteiger partial charge on any atom is -0.326 e. The largest absolute Gasteiger partial charge is 0.326 e. The first-order valence-electron chi connectivity index (χ1n) is 8.50. The molecule has 0 saturated heterocycles. The lowest BCUT2D eigenvalue weighted by molar-refractivity contribution is -0.116. The fraction of sp³-hybridized carbons (Fsp3) is 0.300. The van der Waals surface area contributed by atoms with Gasteiger partial charge in [-0.15, -0.1) is 0 Å². The summed E-state index contributed by atoms with van der Waals surface area (Å²) in [7, 11) is 1.71. The maximum absolute atomic E-state index is 12.3. The van der Waals surface area contributed by atoms with E-state index < -0.39 is 0 Å². The molecule has 3 amide bonds. The smallest absolute Gasteiger partial charge is 0.321 e. The fourth-order valence-electron chi connectivity index (χ4n) is 2.39. The van der Waals surface area contributed by atoms with Crippen molar-refractivity contribution in [1.82, 2.24) is 4.90 Å². The van der Waals surface area contributed by atoms with Gasteiger partial charge in [-0.05, 0) is 41.8 Å². The summed E-state index contributed by atoms with van der Waals surface area (Å²) in [6.07, 6.45) is 0.478. The van der Waals surface area contributed by atoms with Crippen LogP contribution >= 0.6 is 11.6 Å². The molecule has 6 heteroatoms. The molecule has 26 heavy (non-hydrogen) atoms. The van der Waals surface area contributed by atoms with Crippen LogP contribution in [0.1, 0.15) is 25.8 Å². The SMILES string of the molecule is CC(C)CC(=O)Nc1ccc(NC(=O)N(C)Cc2ccccc2Cl)cc1. The van der Waals surface area contributed by atoms with E-state index in [9.17, 15) is 9.59 Å². The van der Waals surface area contributed by atoms with Gasteiger partial charge in [0.15, 0.2) is 0 Å². The lowest BCUT2D eigenvalue weighted by atomic mass is 10.1. The van der Waals surface area contributed by atoms with Gasteiger partial charge in [-0.25, -0.2) is 4.79 Å². The molecular formula is C20H24ClN3O2. The molecule has 0 aromatic heterocycles. The van der Waals surface area contributed by atoms with Crippen LogP contribution in [0.25, 0.3) is 0 Å². The molecule has 0 radical (unpaired) electrons. The van der Waals surface area contributed by atoms with Crippen molar-refractivity contribution in [3.63, 3.8) is 0 Å². The molecule has 5 nitrogen and oxygen atoms in total.